The van der Waals surface area contributed by atoms with Crippen LogP contribution in [0.4, 0.5) is 5.95 Å². The average molecular weight is 480 g/mol. The Kier molecular flexibility index (Phi) is 7.69. The van der Waals surface area contributed by atoms with Gasteiger partial charge in [0.1, 0.15) is 18.3 Å². The number of nitrogens with one attached hydrogen (secondary N) is 1. The number of rotatable bonds is 6. The van der Waals surface area contributed by atoms with Crippen LogP contribution in [-0.2, 0) is 29.7 Å². The van der Waals surface area contributed by atoms with Gasteiger partial charge in [0.2, 0.25) is 11.7 Å². The number of imidazole rings is 1. The van der Waals surface area contributed by atoms with E-state index in [2.05, 4.69) is 18.8 Å². The maximum absolute atomic E-state index is 12.1. The van der Waals surface area contributed by atoms with E-state index in [1.165, 1.54) is 22.5 Å². The molecule has 30 heavy (non-hydrogen) atoms. The molecule has 1 aliphatic heterocycles. The fourth-order valence-electron chi connectivity index (χ4n) is 2.87. The molecule has 7 N–H and O–H groups in total. The summed E-state index contributed by atoms with van der Waals surface area (Å²) in [7, 11) is -9.30. The van der Waals surface area contributed by atoms with E-state index in [-0.39, 0.29) is 46.7 Å². The summed E-state index contributed by atoms with van der Waals surface area (Å²) in [6.07, 6.45) is -4.66. The zero-order valence-electron chi connectivity index (χ0n) is 15.6. The van der Waals surface area contributed by atoms with E-state index in [9.17, 15) is 29.0 Å². The van der Waals surface area contributed by atoms with Crippen LogP contribution in [0, 0.1) is 0 Å². The predicted molar refractivity (Wildman–Crippen MR) is 94.3 cm³/mol. The molecule has 1 unspecified atom stereocenters. The number of aromatic amines is 1. The summed E-state index contributed by atoms with van der Waals surface area (Å²) in [5.74, 6) is -0.211. The Morgan fingerprint density at radius 2 is 2.03 bits per heavy atom. The van der Waals surface area contributed by atoms with Crippen molar-refractivity contribution >= 4 is 62.3 Å². The Morgan fingerprint density at radius 3 is 2.63 bits per heavy atom. The van der Waals surface area contributed by atoms with Gasteiger partial charge < -0.3 is 39.9 Å². The average Bonchev–Trinajstić information content (AvgIpc) is 3.01. The van der Waals surface area contributed by atoms with Crippen molar-refractivity contribution in [3.05, 3.63) is 16.7 Å². The third kappa shape index (κ3) is 5.37. The number of hydrogen-bond acceptors (Lipinski definition) is 11. The maximum Gasteiger partial charge on any atom is 0.476 e. The van der Waals surface area contributed by atoms with Crippen molar-refractivity contribution in [2.75, 3.05) is 12.3 Å². The van der Waals surface area contributed by atoms with Gasteiger partial charge in [-0.1, -0.05) is 4.98 Å². The minimum absolute atomic E-state index is 0. The van der Waals surface area contributed by atoms with Gasteiger partial charge in [-0.2, -0.15) is 0 Å². The smallest absolute Gasteiger partial charge is 0.476 e. The second-order valence-electron chi connectivity index (χ2n) is 6.12. The summed E-state index contributed by atoms with van der Waals surface area (Å²) in [6, 6.07) is 0. The number of fused-ring (bicyclic) bond motifs is 1. The molecule has 3 heterocycles. The minimum Gasteiger partial charge on any atom is -0.756 e. The first-order chi connectivity index (χ1) is 13.3. The Morgan fingerprint density at radius 1 is 1.40 bits per heavy atom. The van der Waals surface area contributed by atoms with Gasteiger partial charge in [-0.05, 0) is 0 Å². The fourth-order valence-corrected chi connectivity index (χ4v) is 4.43. The zero-order chi connectivity index (χ0) is 21.7. The van der Waals surface area contributed by atoms with Crippen molar-refractivity contribution < 1.29 is 52.2 Å². The number of aryl methyl sites for hydroxylation is 1. The fraction of sp³-hybridized carbons (Fsp3) is 0.545. The standard InChI is InChI=1S/C11H17N5O11P2.Na/c1-15-3-16(8-5(15)9(19)14-11(12)13-8)10-7(18)6(17)4(26-10)2-25-29(23,24)27-28(20,21)22;/h3-4,6-7,10,17-18H,2H2,1H3,(H5-,12,13,14,19,20,21,22,23,24);/t4-,6-,7-,10-;/m1./s1. The topological polar surface area (TPSA) is 246 Å². The quantitative estimate of drug-likeness (QED) is 0.131. The van der Waals surface area contributed by atoms with Crippen LogP contribution in [0.15, 0.2) is 11.1 Å². The van der Waals surface area contributed by atoms with Crippen molar-refractivity contribution in [2.24, 2.45) is 7.05 Å². The van der Waals surface area contributed by atoms with Crippen molar-refractivity contribution in [3.8, 4) is 0 Å². The summed E-state index contributed by atoms with van der Waals surface area (Å²) in [4.78, 5) is 46.8. The molecule has 16 nitrogen and oxygen atoms in total. The number of nitrogen functional groups attached to an aromatic ring is 1. The van der Waals surface area contributed by atoms with Gasteiger partial charge in [-0.25, -0.2) is 13.4 Å². The van der Waals surface area contributed by atoms with Crippen LogP contribution in [0.2, 0.25) is 0 Å². The van der Waals surface area contributed by atoms with Gasteiger partial charge in [0.15, 0.2) is 6.33 Å². The molecule has 0 aliphatic carbocycles. The molecule has 5 atom stereocenters. The molecule has 0 spiro atoms. The van der Waals surface area contributed by atoms with Crippen LogP contribution in [0.5, 0.6) is 0 Å². The summed E-state index contributed by atoms with van der Waals surface area (Å²) in [6.45, 7) is -0.920. The Hall–Kier alpha value is -0.710. The van der Waals surface area contributed by atoms with Crippen LogP contribution in [-0.4, -0.2) is 89.0 Å². The van der Waals surface area contributed by atoms with Crippen molar-refractivity contribution in [3.63, 3.8) is 0 Å². The predicted octanol–water partition coefficient (Wildman–Crippen LogP) is -4.04. The zero-order valence-corrected chi connectivity index (χ0v) is 19.3. The van der Waals surface area contributed by atoms with Crippen LogP contribution in [0.25, 0.3) is 11.2 Å². The van der Waals surface area contributed by atoms with E-state index in [0.717, 1.165) is 0 Å². The third-order valence-electron chi connectivity index (χ3n) is 4.00. The normalized spacial score (nSPS) is 26.5. The number of anilines is 1. The summed E-state index contributed by atoms with van der Waals surface area (Å²) < 4.78 is 37.9. The van der Waals surface area contributed by atoms with Gasteiger partial charge >= 0.3 is 13.5 Å². The molecule has 1 fully saturated rings. The molecule has 1 aliphatic rings. The van der Waals surface area contributed by atoms with E-state index in [1.54, 1.807) is 0 Å². The number of H-pyrrole nitrogens is 1. The molecule has 1 saturated heterocycles. The number of phosphoric acid groups is 2. The van der Waals surface area contributed by atoms with E-state index in [1.807, 2.05) is 0 Å². The first kappa shape index (κ1) is 25.5. The number of phosphoric ester groups is 1. The number of nitrogens with two attached hydrogens (primary N) is 1. The third-order valence-corrected chi connectivity index (χ3v) is 6.12. The maximum atomic E-state index is 12.1. The van der Waals surface area contributed by atoms with Crippen LogP contribution < -0.4 is 20.8 Å². The van der Waals surface area contributed by atoms with Crippen LogP contribution in [0.3, 0.4) is 0 Å². The first-order valence-corrected chi connectivity index (χ1v) is 10.8. The number of aliphatic hydroxyl groups is 2. The van der Waals surface area contributed by atoms with Crippen molar-refractivity contribution in [1.29, 1.82) is 0 Å². The van der Waals surface area contributed by atoms with E-state index in [0.29, 0.717) is 0 Å². The first-order valence-electron chi connectivity index (χ1n) is 7.79. The number of aliphatic hydroxyl groups excluding tert-OH is 2. The number of nitrogens with zero attached hydrogens (tertiary/aromatic N) is 3. The molecule has 3 rings (SSSR count). The van der Waals surface area contributed by atoms with E-state index >= 15 is 0 Å². The Labute approximate surface area is 189 Å². The van der Waals surface area contributed by atoms with Gasteiger partial charge in [0.05, 0.1) is 13.7 Å². The molecule has 2 aromatic rings. The Bertz CT molecular complexity index is 1090. The molecule has 2 aromatic heterocycles. The van der Waals surface area contributed by atoms with E-state index in [4.69, 9.17) is 20.3 Å². The monoisotopic (exact) mass is 480 g/mol. The minimum atomic E-state index is -5.42. The molecular weight excluding hydrogens is 463 g/mol. The number of hydrogen-bond donors (Lipinski definition) is 6. The summed E-state index contributed by atoms with van der Waals surface area (Å²) in [5.41, 5.74) is 5.07. The molecule has 1 radical (unpaired) electrons. The molecular formula is C11H17N5NaO11P2. The second-order valence-corrected chi connectivity index (χ2v) is 8.91. The number of ether oxygens (including phenoxy) is 1. The second kappa shape index (κ2) is 9.03. The van der Waals surface area contributed by atoms with Crippen LogP contribution in [0.1, 0.15) is 6.23 Å². The largest absolute Gasteiger partial charge is 0.756 e. The Balaban J connectivity index is 0.00000320. The molecule has 0 saturated carbocycles. The molecule has 163 valence electrons. The molecule has 0 bridgehead atoms. The van der Waals surface area contributed by atoms with Gasteiger partial charge in [-0.15, -0.1) is 0 Å². The van der Waals surface area contributed by atoms with Gasteiger partial charge in [-0.3, -0.25) is 18.9 Å². The molecule has 0 aromatic carbocycles. The van der Waals surface area contributed by atoms with E-state index < -0.39 is 52.4 Å². The SMILES string of the molecule is Cn1c[n+]([C@@H]2O[C@H](COP(=O)([O-])OP(=O)(O)O)[C@@H](O)[C@H]2O)c2nc(N)[nH]c(=O)c21.[Na]. The summed E-state index contributed by atoms with van der Waals surface area (Å²) in [5, 5.41) is 20.4. The van der Waals surface area contributed by atoms with Crippen molar-refractivity contribution in [1.82, 2.24) is 14.5 Å². The van der Waals surface area contributed by atoms with Crippen LogP contribution >= 0.6 is 15.6 Å². The van der Waals surface area contributed by atoms with Gasteiger partial charge in [0, 0.05) is 29.6 Å². The summed E-state index contributed by atoms with van der Waals surface area (Å²) >= 11 is 0. The molecule has 0 amide bonds. The number of aromatic nitrogens is 4. The van der Waals surface area contributed by atoms with Gasteiger partial charge in [0.25, 0.3) is 19.3 Å². The molecule has 19 heteroatoms. The van der Waals surface area contributed by atoms with Crippen molar-refractivity contribution in [2.45, 2.75) is 24.5 Å².